The molecular formula is C44H53N3O2. The SMILES string of the molecule is CCCCCCCC[C@H]1CC[C@H]2[C@@H]3CCC4=Cc5c(cc6c(=O)n(-c7ccccc7)c(=O)nc-6n5-c5ccccc5)C[C@]4(C)[C@H]3CC[C@]12C. The van der Waals surface area contributed by atoms with Crippen molar-refractivity contribution in [2.75, 3.05) is 0 Å². The smallest absolute Gasteiger partial charge is 0.294 e. The quantitative estimate of drug-likeness (QED) is 0.169. The van der Waals surface area contributed by atoms with Crippen molar-refractivity contribution in [2.24, 2.45) is 34.5 Å². The molecule has 49 heavy (non-hydrogen) atoms. The van der Waals surface area contributed by atoms with Crippen LogP contribution in [-0.4, -0.2) is 14.1 Å². The number of hydrogen-bond donors (Lipinski definition) is 0. The first-order chi connectivity index (χ1) is 23.8. The fraction of sp³-hybridized carbons (Fsp3) is 0.523. The second kappa shape index (κ2) is 12.9. The van der Waals surface area contributed by atoms with E-state index in [1.165, 1.54) is 87.2 Å². The monoisotopic (exact) mass is 655 g/mol. The van der Waals surface area contributed by atoms with Gasteiger partial charge in [-0.25, -0.2) is 9.36 Å². The predicted octanol–water partition coefficient (Wildman–Crippen LogP) is 10.0. The van der Waals surface area contributed by atoms with Gasteiger partial charge >= 0.3 is 5.69 Å². The van der Waals surface area contributed by atoms with Crippen LogP contribution in [0.4, 0.5) is 0 Å². The Bertz CT molecular complexity index is 1940. The summed E-state index contributed by atoms with van der Waals surface area (Å²) in [4.78, 5) is 32.4. The lowest BCUT2D eigenvalue weighted by molar-refractivity contribution is -0.0478. The molecule has 6 aliphatic rings. The fourth-order valence-corrected chi connectivity index (χ4v) is 11.4. The lowest BCUT2D eigenvalue weighted by Gasteiger charge is -2.58. The molecule has 0 unspecified atom stereocenters. The number of aromatic nitrogens is 3. The van der Waals surface area contributed by atoms with Gasteiger partial charge in [-0.2, -0.15) is 4.98 Å². The minimum atomic E-state index is -0.543. The standard InChI is InChI=1S/C44H53N3O2/c1-4-5-6-7-8-11-16-31-22-24-37-35-23-21-32-28-39-30(29-44(32,3)38(35)25-26-43(31,37)2)27-36-40(46(39)33-17-12-9-13-18-33)45-42(49)47(41(36)48)34-19-14-10-15-20-34/h9-10,12-15,17-20,27-28,31,35,37-38H,4-8,11,16,21-26,29H2,1-3H3/t31-,35-,37-,38-,43+,44-/m0/s1. The molecule has 0 spiro atoms. The largest absolute Gasteiger partial charge is 0.357 e. The molecule has 0 radical (unpaired) electrons. The molecule has 0 N–H and O–H groups in total. The maximum atomic E-state index is 14.2. The molecule has 0 bridgehead atoms. The summed E-state index contributed by atoms with van der Waals surface area (Å²) in [5, 5.41) is 0. The molecule has 0 aromatic heterocycles. The van der Waals surface area contributed by atoms with Gasteiger partial charge < -0.3 is 0 Å². The molecule has 5 nitrogen and oxygen atoms in total. The van der Waals surface area contributed by atoms with E-state index in [0.29, 0.717) is 28.4 Å². The summed E-state index contributed by atoms with van der Waals surface area (Å²) < 4.78 is 3.32. The van der Waals surface area contributed by atoms with Gasteiger partial charge in [0.15, 0.2) is 5.82 Å². The van der Waals surface area contributed by atoms with E-state index in [0.717, 1.165) is 42.0 Å². The van der Waals surface area contributed by atoms with Gasteiger partial charge in [0.1, 0.15) is 0 Å². The van der Waals surface area contributed by atoms with Crippen LogP contribution in [-0.2, 0) is 6.42 Å². The van der Waals surface area contributed by atoms with Gasteiger partial charge in [0.2, 0.25) is 0 Å². The fourth-order valence-electron chi connectivity index (χ4n) is 11.4. The molecule has 0 saturated heterocycles. The summed E-state index contributed by atoms with van der Waals surface area (Å²) in [6.45, 7) is 7.53. The van der Waals surface area contributed by atoms with Crippen molar-refractivity contribution < 1.29 is 0 Å². The molecule has 2 aromatic rings. The third-order valence-electron chi connectivity index (χ3n) is 13.9. The zero-order valence-electron chi connectivity index (χ0n) is 29.8. The Hall–Kier alpha value is -3.73. The number of benzene rings is 2. The maximum absolute atomic E-state index is 14.2. The Kier molecular flexibility index (Phi) is 8.53. The zero-order chi connectivity index (χ0) is 33.8. The van der Waals surface area contributed by atoms with E-state index in [9.17, 15) is 9.59 Å². The lowest BCUT2D eigenvalue weighted by Crippen LogP contribution is -2.51. The second-order valence-electron chi connectivity index (χ2n) is 16.4. The number of nitrogens with zero attached hydrogens (tertiary/aromatic N) is 3. The first-order valence-electron chi connectivity index (χ1n) is 19.4. The van der Waals surface area contributed by atoms with Crippen LogP contribution in [0.5, 0.6) is 0 Å². The molecule has 2 heterocycles. The molecule has 0 amide bonds. The number of unbranched alkanes of at least 4 members (excludes halogenated alkanes) is 5. The van der Waals surface area contributed by atoms with Gasteiger partial charge in [-0.1, -0.05) is 101 Å². The summed E-state index contributed by atoms with van der Waals surface area (Å²) in [7, 11) is 0. The van der Waals surface area contributed by atoms with Crippen molar-refractivity contribution in [3.05, 3.63) is 104 Å². The Labute approximate surface area is 291 Å². The first kappa shape index (κ1) is 32.5. The van der Waals surface area contributed by atoms with E-state index in [4.69, 9.17) is 0 Å². The Morgan fingerprint density at radius 1 is 0.796 bits per heavy atom. The van der Waals surface area contributed by atoms with Gasteiger partial charge in [-0.05, 0) is 128 Å². The van der Waals surface area contributed by atoms with Crippen molar-refractivity contribution in [2.45, 2.75) is 111 Å². The highest BCUT2D eigenvalue weighted by molar-refractivity contribution is 5.71. The van der Waals surface area contributed by atoms with Crippen LogP contribution >= 0.6 is 0 Å². The van der Waals surface area contributed by atoms with E-state index in [1.54, 1.807) is 17.7 Å². The van der Waals surface area contributed by atoms with E-state index < -0.39 is 5.69 Å². The summed E-state index contributed by atoms with van der Waals surface area (Å²) in [6, 6.07) is 21.4. The first-order valence-corrected chi connectivity index (χ1v) is 19.4. The van der Waals surface area contributed by atoms with Crippen LogP contribution in [0.1, 0.15) is 115 Å². The topological polar surface area (TPSA) is 56.9 Å². The van der Waals surface area contributed by atoms with Gasteiger partial charge in [0.05, 0.1) is 16.9 Å². The summed E-state index contributed by atoms with van der Waals surface area (Å²) in [5.74, 6) is 3.61. The van der Waals surface area contributed by atoms with Crippen molar-refractivity contribution in [1.82, 2.24) is 14.1 Å². The molecule has 2 aromatic carbocycles. The van der Waals surface area contributed by atoms with Crippen LogP contribution in [0.25, 0.3) is 28.8 Å². The Morgan fingerprint density at radius 2 is 1.49 bits per heavy atom. The normalized spacial score (nSPS) is 28.8. The number of fused-ring (bicyclic) bond motifs is 7. The second-order valence-corrected chi connectivity index (χ2v) is 16.4. The number of allylic oxidation sites excluding steroid dienone is 1. The van der Waals surface area contributed by atoms with Crippen LogP contribution in [0.3, 0.4) is 0 Å². The third-order valence-corrected chi connectivity index (χ3v) is 13.9. The molecule has 256 valence electrons. The average molecular weight is 656 g/mol. The van der Waals surface area contributed by atoms with Crippen molar-refractivity contribution >= 4 is 6.08 Å². The summed E-state index contributed by atoms with van der Waals surface area (Å²) in [6.07, 6.45) is 21.0. The Morgan fingerprint density at radius 3 is 2.22 bits per heavy atom. The number of hydrogen-bond acceptors (Lipinski definition) is 3. The van der Waals surface area contributed by atoms with Gasteiger partial charge in [-0.15, -0.1) is 0 Å². The van der Waals surface area contributed by atoms with E-state index >= 15 is 0 Å². The number of pyridine rings is 1. The predicted molar refractivity (Wildman–Crippen MR) is 200 cm³/mol. The van der Waals surface area contributed by atoms with Crippen molar-refractivity contribution in [1.29, 1.82) is 0 Å². The highest BCUT2D eigenvalue weighted by Gasteiger charge is 2.58. The van der Waals surface area contributed by atoms with E-state index in [-0.39, 0.29) is 11.0 Å². The lowest BCUT2D eigenvalue weighted by atomic mass is 9.46. The third kappa shape index (κ3) is 5.38. The average Bonchev–Trinajstić information content (AvgIpc) is 3.45. The molecule has 5 heteroatoms. The van der Waals surface area contributed by atoms with Gasteiger partial charge in [0.25, 0.3) is 5.56 Å². The summed E-state index contributed by atoms with van der Waals surface area (Å²) in [5.41, 5.74) is 5.53. The van der Waals surface area contributed by atoms with Crippen LogP contribution in [0.15, 0.2) is 81.9 Å². The van der Waals surface area contributed by atoms with Crippen LogP contribution in [0, 0.1) is 34.5 Å². The number of rotatable bonds is 9. The van der Waals surface area contributed by atoms with Crippen LogP contribution < -0.4 is 11.2 Å². The van der Waals surface area contributed by atoms with E-state index in [1.807, 2.05) is 36.4 Å². The van der Waals surface area contributed by atoms with Crippen molar-refractivity contribution in [3.8, 4) is 22.8 Å². The molecular weight excluding hydrogens is 603 g/mol. The zero-order valence-corrected chi connectivity index (χ0v) is 29.8. The van der Waals surface area contributed by atoms with E-state index in [2.05, 4.69) is 54.6 Å². The van der Waals surface area contributed by atoms with Crippen molar-refractivity contribution in [3.63, 3.8) is 0 Å². The minimum Gasteiger partial charge on any atom is -0.294 e. The highest BCUT2D eigenvalue weighted by atomic mass is 16.2. The number of para-hydroxylation sites is 2. The molecule has 8 rings (SSSR count). The maximum Gasteiger partial charge on any atom is 0.357 e. The highest BCUT2D eigenvalue weighted by Crippen LogP contribution is 2.67. The molecule has 3 fully saturated rings. The Balaban J connectivity index is 1.16. The van der Waals surface area contributed by atoms with Crippen LogP contribution in [0.2, 0.25) is 0 Å². The molecule has 3 saturated carbocycles. The molecule has 4 aliphatic carbocycles. The minimum absolute atomic E-state index is 0.0706. The summed E-state index contributed by atoms with van der Waals surface area (Å²) >= 11 is 0. The molecule has 2 aliphatic heterocycles. The molecule has 6 atom stereocenters. The van der Waals surface area contributed by atoms with Gasteiger partial charge in [0, 0.05) is 5.69 Å². The van der Waals surface area contributed by atoms with Gasteiger partial charge in [-0.3, -0.25) is 9.36 Å².